The Hall–Kier alpha value is -2.70. The van der Waals surface area contributed by atoms with Crippen LogP contribution in [0.5, 0.6) is 0 Å². The van der Waals surface area contributed by atoms with Crippen molar-refractivity contribution >= 4 is 11.9 Å². The van der Waals surface area contributed by atoms with E-state index in [1.165, 1.54) is 11.1 Å². The minimum Gasteiger partial charge on any atom is -0.480 e. The number of fused-ring (bicyclic) bond motifs is 1. The van der Waals surface area contributed by atoms with Crippen molar-refractivity contribution in [1.82, 2.24) is 15.5 Å². The van der Waals surface area contributed by atoms with Gasteiger partial charge in [0.15, 0.2) is 5.82 Å². The second-order valence-corrected chi connectivity index (χ2v) is 7.69. The molecule has 0 bridgehead atoms. The van der Waals surface area contributed by atoms with Crippen molar-refractivity contribution in [3.63, 3.8) is 0 Å². The van der Waals surface area contributed by atoms with Crippen LogP contribution in [0.4, 0.5) is 0 Å². The van der Waals surface area contributed by atoms with Gasteiger partial charge in [0, 0.05) is 19.3 Å². The van der Waals surface area contributed by atoms with Crippen LogP contribution < -0.4 is 5.32 Å². The van der Waals surface area contributed by atoms with Crippen LogP contribution in [0.3, 0.4) is 0 Å². The van der Waals surface area contributed by atoms with Crippen LogP contribution >= 0.6 is 0 Å². The van der Waals surface area contributed by atoms with Crippen molar-refractivity contribution in [1.29, 1.82) is 0 Å². The molecule has 1 aromatic carbocycles. The predicted molar refractivity (Wildman–Crippen MR) is 108 cm³/mol. The number of carbonyl (C=O) groups excluding carboxylic acids is 1. The average Bonchev–Trinajstić information content (AvgIpc) is 3.15. The maximum Gasteiger partial charge on any atom is 0.326 e. The van der Waals surface area contributed by atoms with E-state index in [1.807, 2.05) is 19.1 Å². The Balaban J connectivity index is 1.50. The number of hydrogen-bond acceptors (Lipinski definition) is 5. The highest BCUT2D eigenvalue weighted by Crippen LogP contribution is 2.34. The summed E-state index contributed by atoms with van der Waals surface area (Å²) in [5.74, 6) is 0.134. The second kappa shape index (κ2) is 10.2. The fourth-order valence-corrected chi connectivity index (χ4v) is 3.99. The Morgan fingerprint density at radius 3 is 2.93 bits per heavy atom. The van der Waals surface area contributed by atoms with Crippen LogP contribution in [0, 0.1) is 0 Å². The average molecular weight is 399 g/mol. The summed E-state index contributed by atoms with van der Waals surface area (Å²) in [6.45, 7) is 2.05. The number of rotatable bonds is 10. The lowest BCUT2D eigenvalue weighted by Gasteiger charge is -2.28. The van der Waals surface area contributed by atoms with Gasteiger partial charge < -0.3 is 14.9 Å². The second-order valence-electron chi connectivity index (χ2n) is 7.69. The van der Waals surface area contributed by atoms with E-state index in [2.05, 4.69) is 27.6 Å². The smallest absolute Gasteiger partial charge is 0.326 e. The van der Waals surface area contributed by atoms with Gasteiger partial charge in [0.25, 0.3) is 0 Å². The van der Waals surface area contributed by atoms with Crippen LogP contribution in [0.15, 0.2) is 28.8 Å². The Labute approximate surface area is 170 Å². The molecule has 1 heterocycles. The quantitative estimate of drug-likeness (QED) is 0.634. The van der Waals surface area contributed by atoms with Gasteiger partial charge in [-0.1, -0.05) is 36.3 Å². The highest BCUT2D eigenvalue weighted by Gasteiger charge is 2.28. The first kappa shape index (κ1) is 21.0. The van der Waals surface area contributed by atoms with E-state index in [9.17, 15) is 14.7 Å². The lowest BCUT2D eigenvalue weighted by Crippen LogP contribution is -2.42. The summed E-state index contributed by atoms with van der Waals surface area (Å²) >= 11 is 0. The Morgan fingerprint density at radius 1 is 1.31 bits per heavy atom. The van der Waals surface area contributed by atoms with Crippen molar-refractivity contribution in [3.05, 3.63) is 47.1 Å². The van der Waals surface area contributed by atoms with Crippen molar-refractivity contribution in [3.8, 4) is 0 Å². The standard InChI is InChI=1S/C22H29N3O4/c1-2-7-19-24-21(29-25-19)13-6-12-20(26)23-18(22(27)28)14-16-10-5-9-15-8-3-4-11-17(15)16/h3-4,8,11,16,18H,2,5-7,9-10,12-14H2,1H3,(H,23,26)(H,27,28). The lowest BCUT2D eigenvalue weighted by molar-refractivity contribution is -0.142. The summed E-state index contributed by atoms with van der Waals surface area (Å²) in [7, 11) is 0. The molecule has 1 aliphatic rings. The summed E-state index contributed by atoms with van der Waals surface area (Å²) in [5.41, 5.74) is 2.51. The summed E-state index contributed by atoms with van der Waals surface area (Å²) < 4.78 is 5.17. The van der Waals surface area contributed by atoms with Gasteiger partial charge in [-0.05, 0) is 55.6 Å². The Morgan fingerprint density at radius 2 is 2.14 bits per heavy atom. The molecule has 2 aromatic rings. The van der Waals surface area contributed by atoms with Crippen LogP contribution in [0.25, 0.3) is 0 Å². The molecule has 7 nitrogen and oxygen atoms in total. The molecule has 7 heteroatoms. The third-order valence-corrected chi connectivity index (χ3v) is 5.43. The van der Waals surface area contributed by atoms with E-state index in [0.29, 0.717) is 31.0 Å². The van der Waals surface area contributed by atoms with Gasteiger partial charge in [-0.25, -0.2) is 4.79 Å². The molecule has 1 amide bonds. The van der Waals surface area contributed by atoms with Gasteiger partial charge in [-0.2, -0.15) is 4.98 Å². The molecule has 0 fully saturated rings. The monoisotopic (exact) mass is 399 g/mol. The molecule has 0 radical (unpaired) electrons. The fraction of sp³-hybridized carbons (Fsp3) is 0.545. The Kier molecular flexibility index (Phi) is 7.38. The number of aliphatic carboxylic acids is 1. The highest BCUT2D eigenvalue weighted by molar-refractivity contribution is 5.83. The first-order chi connectivity index (χ1) is 14.1. The number of carboxylic acid groups (broad SMARTS) is 1. The van der Waals surface area contributed by atoms with E-state index >= 15 is 0 Å². The van der Waals surface area contributed by atoms with E-state index in [1.54, 1.807) is 0 Å². The number of benzene rings is 1. The Bertz CT molecular complexity index is 833. The van der Waals surface area contributed by atoms with Crippen LogP contribution in [0.1, 0.15) is 74.2 Å². The van der Waals surface area contributed by atoms with Gasteiger partial charge in [0.1, 0.15) is 6.04 Å². The predicted octanol–water partition coefficient (Wildman–Crippen LogP) is 3.42. The number of carboxylic acids is 1. The van der Waals surface area contributed by atoms with Crippen molar-refractivity contribution in [2.75, 3.05) is 0 Å². The van der Waals surface area contributed by atoms with Crippen molar-refractivity contribution in [2.24, 2.45) is 0 Å². The molecule has 0 saturated carbocycles. The molecule has 0 aliphatic heterocycles. The zero-order valence-corrected chi connectivity index (χ0v) is 16.9. The third kappa shape index (κ3) is 5.89. The lowest BCUT2D eigenvalue weighted by atomic mass is 9.79. The molecule has 2 unspecified atom stereocenters. The highest BCUT2D eigenvalue weighted by atomic mass is 16.5. The van der Waals surface area contributed by atoms with Gasteiger partial charge in [-0.15, -0.1) is 0 Å². The summed E-state index contributed by atoms with van der Waals surface area (Å²) in [6.07, 6.45) is 6.46. The molecular weight excluding hydrogens is 370 g/mol. The van der Waals surface area contributed by atoms with E-state index < -0.39 is 12.0 Å². The van der Waals surface area contributed by atoms with Crippen LogP contribution in [0.2, 0.25) is 0 Å². The van der Waals surface area contributed by atoms with E-state index in [4.69, 9.17) is 4.52 Å². The molecule has 1 aliphatic carbocycles. The third-order valence-electron chi connectivity index (χ3n) is 5.43. The maximum absolute atomic E-state index is 12.3. The first-order valence-corrected chi connectivity index (χ1v) is 10.5. The molecular formula is C22H29N3O4. The molecule has 1 aromatic heterocycles. The van der Waals surface area contributed by atoms with Gasteiger partial charge in [0.2, 0.25) is 11.8 Å². The minimum absolute atomic E-state index is 0.164. The molecule has 0 saturated heterocycles. The zero-order valence-electron chi connectivity index (χ0n) is 16.9. The van der Waals surface area contributed by atoms with Crippen molar-refractivity contribution in [2.45, 2.75) is 76.7 Å². The fourth-order valence-electron chi connectivity index (χ4n) is 3.99. The van der Waals surface area contributed by atoms with Crippen LogP contribution in [-0.2, 0) is 28.9 Å². The normalized spacial score (nSPS) is 16.8. The number of nitrogens with one attached hydrogen (secondary N) is 1. The number of aromatic nitrogens is 2. The number of carbonyl (C=O) groups is 2. The van der Waals surface area contributed by atoms with Crippen molar-refractivity contribution < 1.29 is 19.2 Å². The van der Waals surface area contributed by atoms with E-state index in [-0.39, 0.29) is 18.2 Å². The maximum atomic E-state index is 12.3. The molecule has 2 N–H and O–H groups in total. The number of nitrogens with zero attached hydrogens (tertiary/aromatic N) is 2. The summed E-state index contributed by atoms with van der Waals surface area (Å²) in [5, 5.41) is 16.2. The first-order valence-electron chi connectivity index (χ1n) is 10.5. The molecule has 2 atom stereocenters. The summed E-state index contributed by atoms with van der Waals surface area (Å²) in [6, 6.07) is 7.33. The molecule has 156 valence electrons. The number of aryl methyl sites for hydroxylation is 3. The van der Waals surface area contributed by atoms with E-state index in [0.717, 1.165) is 32.1 Å². The minimum atomic E-state index is -0.984. The number of hydrogen-bond donors (Lipinski definition) is 2. The van der Waals surface area contributed by atoms with Crippen LogP contribution in [-0.4, -0.2) is 33.2 Å². The molecule has 3 rings (SSSR count). The number of amides is 1. The zero-order chi connectivity index (χ0) is 20.6. The topological polar surface area (TPSA) is 105 Å². The van der Waals surface area contributed by atoms with Gasteiger partial charge in [-0.3, -0.25) is 4.79 Å². The molecule has 0 spiro atoms. The largest absolute Gasteiger partial charge is 0.480 e. The SMILES string of the molecule is CCCc1noc(CCCC(=O)NC(CC2CCCc3ccccc32)C(=O)O)n1. The van der Waals surface area contributed by atoms with Gasteiger partial charge >= 0.3 is 5.97 Å². The molecule has 29 heavy (non-hydrogen) atoms. The van der Waals surface area contributed by atoms with Gasteiger partial charge in [0.05, 0.1) is 0 Å². The summed E-state index contributed by atoms with van der Waals surface area (Å²) in [4.78, 5) is 28.3.